The molecule has 0 aliphatic carbocycles. The molecule has 2 rings (SSSR count). The minimum absolute atomic E-state index is 1.02. The summed E-state index contributed by atoms with van der Waals surface area (Å²) in [5.41, 5.74) is 1.25. The zero-order valence-corrected chi connectivity index (χ0v) is 14.1. The molecular weight excluding hydrogens is 268 g/mol. The van der Waals surface area contributed by atoms with Crippen molar-refractivity contribution >= 4 is 16.5 Å². The first kappa shape index (κ1) is 16.8. The third-order valence-electron chi connectivity index (χ3n) is 4.19. The number of nitrogens with zero attached hydrogens (tertiary/aromatic N) is 1. The van der Waals surface area contributed by atoms with Crippen LogP contribution in [0.4, 0.5) is 5.69 Å². The van der Waals surface area contributed by atoms with Gasteiger partial charge in [0.1, 0.15) is 0 Å². The molecule has 0 aliphatic heterocycles. The molecule has 0 fully saturated rings. The summed E-state index contributed by atoms with van der Waals surface area (Å²) in [4.78, 5) is 2.60. The molecule has 2 heteroatoms. The summed E-state index contributed by atoms with van der Waals surface area (Å²) in [6, 6.07) is 15.1. The van der Waals surface area contributed by atoms with Gasteiger partial charge in [-0.05, 0) is 37.4 Å². The van der Waals surface area contributed by atoms with Crippen LogP contribution in [0.25, 0.3) is 10.8 Å². The fourth-order valence-electron chi connectivity index (χ4n) is 2.83. The van der Waals surface area contributed by atoms with Crippen LogP contribution in [0.5, 0.6) is 0 Å². The number of hydrogen-bond acceptors (Lipinski definition) is 2. The Hall–Kier alpha value is -1.54. The van der Waals surface area contributed by atoms with Crippen molar-refractivity contribution in [3.63, 3.8) is 0 Å². The van der Waals surface area contributed by atoms with Crippen LogP contribution < -0.4 is 5.32 Å². The summed E-state index contributed by atoms with van der Waals surface area (Å²) in [7, 11) is 0. The molecular formula is C20H30N2. The molecule has 1 N–H and O–H groups in total. The number of hydrogen-bond donors (Lipinski definition) is 1. The predicted molar refractivity (Wildman–Crippen MR) is 98.7 cm³/mol. The van der Waals surface area contributed by atoms with Crippen LogP contribution in [0, 0.1) is 0 Å². The van der Waals surface area contributed by atoms with Crippen molar-refractivity contribution in [3.05, 3.63) is 42.5 Å². The lowest BCUT2D eigenvalue weighted by atomic mass is 10.1. The highest BCUT2D eigenvalue weighted by Gasteiger charge is 2.04. The van der Waals surface area contributed by atoms with Crippen LogP contribution >= 0.6 is 0 Å². The van der Waals surface area contributed by atoms with Gasteiger partial charge in [-0.25, -0.2) is 0 Å². The highest BCUT2D eigenvalue weighted by Crippen LogP contribution is 2.22. The van der Waals surface area contributed by atoms with E-state index >= 15 is 0 Å². The normalized spacial score (nSPS) is 11.2. The molecule has 0 spiro atoms. The van der Waals surface area contributed by atoms with Crippen LogP contribution in [0.15, 0.2) is 42.5 Å². The van der Waals surface area contributed by atoms with Crippen molar-refractivity contribution in [2.75, 3.05) is 31.5 Å². The smallest absolute Gasteiger partial charge is 0.0420 e. The van der Waals surface area contributed by atoms with Gasteiger partial charge in [-0.1, -0.05) is 63.1 Å². The molecule has 2 aromatic rings. The molecule has 0 aliphatic rings. The Morgan fingerprint density at radius 1 is 0.818 bits per heavy atom. The maximum absolute atomic E-state index is 3.63. The Labute approximate surface area is 135 Å². The molecule has 0 saturated heterocycles. The fourth-order valence-corrected chi connectivity index (χ4v) is 2.83. The van der Waals surface area contributed by atoms with Crippen molar-refractivity contribution in [1.29, 1.82) is 0 Å². The van der Waals surface area contributed by atoms with E-state index in [2.05, 4.69) is 66.5 Å². The first-order valence-electron chi connectivity index (χ1n) is 8.79. The van der Waals surface area contributed by atoms with E-state index < -0.39 is 0 Å². The largest absolute Gasteiger partial charge is 0.383 e. The van der Waals surface area contributed by atoms with Gasteiger partial charge in [0.25, 0.3) is 0 Å². The highest BCUT2D eigenvalue weighted by atomic mass is 15.1. The Morgan fingerprint density at radius 2 is 1.50 bits per heavy atom. The van der Waals surface area contributed by atoms with Crippen molar-refractivity contribution in [2.24, 2.45) is 0 Å². The lowest BCUT2D eigenvalue weighted by Crippen LogP contribution is -2.31. The number of fused-ring (bicyclic) bond motifs is 1. The van der Waals surface area contributed by atoms with Crippen LogP contribution in [0.2, 0.25) is 0 Å². The van der Waals surface area contributed by atoms with E-state index in [4.69, 9.17) is 0 Å². The Bertz CT molecular complexity index is 537. The standard InChI is InChI=1S/C20H30N2/c1-3-5-15-22(16-6-4-2)17-14-21-20-13-9-11-18-10-7-8-12-19(18)20/h7-13,21H,3-6,14-17H2,1-2H3. The molecule has 0 radical (unpaired) electrons. The van der Waals surface area contributed by atoms with Gasteiger partial charge in [0.15, 0.2) is 0 Å². The second-order valence-electron chi connectivity index (χ2n) is 6.00. The molecule has 120 valence electrons. The summed E-state index contributed by atoms with van der Waals surface area (Å²) in [5, 5.41) is 6.25. The van der Waals surface area contributed by atoms with E-state index in [0.29, 0.717) is 0 Å². The molecule has 0 heterocycles. The summed E-state index contributed by atoms with van der Waals surface area (Å²) in [6.07, 6.45) is 5.16. The van der Waals surface area contributed by atoms with E-state index in [-0.39, 0.29) is 0 Å². The Balaban J connectivity index is 1.89. The molecule has 2 nitrogen and oxygen atoms in total. The quantitative estimate of drug-likeness (QED) is 0.652. The molecule has 0 atom stereocenters. The van der Waals surface area contributed by atoms with Crippen LogP contribution in [-0.4, -0.2) is 31.1 Å². The zero-order chi connectivity index (χ0) is 15.6. The maximum atomic E-state index is 3.63. The number of unbranched alkanes of at least 4 members (excludes halogenated alkanes) is 2. The summed E-state index contributed by atoms with van der Waals surface area (Å²) >= 11 is 0. The number of rotatable bonds is 10. The monoisotopic (exact) mass is 298 g/mol. The summed E-state index contributed by atoms with van der Waals surface area (Å²) < 4.78 is 0. The van der Waals surface area contributed by atoms with E-state index in [9.17, 15) is 0 Å². The van der Waals surface area contributed by atoms with E-state index in [1.807, 2.05) is 0 Å². The lowest BCUT2D eigenvalue weighted by Gasteiger charge is -2.22. The molecule has 0 unspecified atom stereocenters. The third kappa shape index (κ3) is 5.03. The topological polar surface area (TPSA) is 15.3 Å². The minimum Gasteiger partial charge on any atom is -0.383 e. The van der Waals surface area contributed by atoms with Gasteiger partial charge in [-0.15, -0.1) is 0 Å². The molecule has 0 aromatic heterocycles. The second kappa shape index (κ2) is 9.47. The van der Waals surface area contributed by atoms with Gasteiger partial charge >= 0.3 is 0 Å². The van der Waals surface area contributed by atoms with Gasteiger partial charge in [0, 0.05) is 24.2 Å². The zero-order valence-electron chi connectivity index (χ0n) is 14.1. The Kier molecular flexibility index (Phi) is 7.24. The van der Waals surface area contributed by atoms with Crippen molar-refractivity contribution in [2.45, 2.75) is 39.5 Å². The molecule has 2 aromatic carbocycles. The minimum atomic E-state index is 1.02. The summed E-state index contributed by atoms with van der Waals surface area (Å²) in [6.45, 7) is 9.14. The third-order valence-corrected chi connectivity index (χ3v) is 4.19. The average Bonchev–Trinajstić information content (AvgIpc) is 2.57. The molecule has 0 saturated carbocycles. The van der Waals surface area contributed by atoms with Gasteiger partial charge < -0.3 is 10.2 Å². The van der Waals surface area contributed by atoms with E-state index in [0.717, 1.165) is 13.1 Å². The van der Waals surface area contributed by atoms with Gasteiger partial charge in [-0.3, -0.25) is 0 Å². The van der Waals surface area contributed by atoms with Crippen LogP contribution in [-0.2, 0) is 0 Å². The van der Waals surface area contributed by atoms with Crippen molar-refractivity contribution in [1.82, 2.24) is 4.90 Å². The summed E-state index contributed by atoms with van der Waals surface area (Å²) in [5.74, 6) is 0. The lowest BCUT2D eigenvalue weighted by molar-refractivity contribution is 0.275. The van der Waals surface area contributed by atoms with Gasteiger partial charge in [-0.2, -0.15) is 0 Å². The molecule has 0 bridgehead atoms. The SMILES string of the molecule is CCCCN(CCCC)CCNc1cccc2ccccc12. The average molecular weight is 298 g/mol. The van der Waals surface area contributed by atoms with Gasteiger partial charge in [0.2, 0.25) is 0 Å². The van der Waals surface area contributed by atoms with Crippen molar-refractivity contribution < 1.29 is 0 Å². The first-order chi connectivity index (χ1) is 10.8. The molecule has 22 heavy (non-hydrogen) atoms. The first-order valence-corrected chi connectivity index (χ1v) is 8.79. The number of nitrogens with one attached hydrogen (secondary N) is 1. The molecule has 0 amide bonds. The Morgan fingerprint density at radius 3 is 2.23 bits per heavy atom. The van der Waals surface area contributed by atoms with Crippen LogP contribution in [0.1, 0.15) is 39.5 Å². The van der Waals surface area contributed by atoms with Gasteiger partial charge in [0.05, 0.1) is 0 Å². The van der Waals surface area contributed by atoms with E-state index in [1.165, 1.54) is 55.2 Å². The van der Waals surface area contributed by atoms with Crippen molar-refractivity contribution in [3.8, 4) is 0 Å². The second-order valence-corrected chi connectivity index (χ2v) is 6.00. The maximum Gasteiger partial charge on any atom is 0.0420 e. The van der Waals surface area contributed by atoms with Crippen LogP contribution in [0.3, 0.4) is 0 Å². The highest BCUT2D eigenvalue weighted by molar-refractivity contribution is 5.93. The number of benzene rings is 2. The predicted octanol–water partition coefficient (Wildman–Crippen LogP) is 5.15. The fraction of sp³-hybridized carbons (Fsp3) is 0.500. The van der Waals surface area contributed by atoms with E-state index in [1.54, 1.807) is 0 Å². The number of anilines is 1.